The predicted octanol–water partition coefficient (Wildman–Crippen LogP) is 3.65. The van der Waals surface area contributed by atoms with E-state index in [4.69, 9.17) is 23.2 Å². The maximum atomic E-state index is 13.0. The first-order chi connectivity index (χ1) is 14.3. The molecule has 0 N–H and O–H groups in total. The van der Waals surface area contributed by atoms with Gasteiger partial charge in [0.05, 0.1) is 23.2 Å². The van der Waals surface area contributed by atoms with Crippen LogP contribution in [0.2, 0.25) is 10.0 Å². The van der Waals surface area contributed by atoms with E-state index in [0.717, 1.165) is 18.8 Å². The van der Waals surface area contributed by atoms with Crippen LogP contribution >= 0.6 is 23.2 Å². The number of benzene rings is 2. The van der Waals surface area contributed by atoms with Gasteiger partial charge < -0.3 is 4.90 Å². The standard InChI is InChI=1S/C22H21Cl2N3O3/c1-14(28)15-2-5-17(6-3-15)25-8-10-26(11-9-25)20-13-21(29)27(22(20)30)19-7-4-16(23)12-18(19)24/h2-7,12,20H,8-11,13H2,1H3/t20-/m0/s1. The van der Waals surface area contributed by atoms with Crippen LogP contribution in [0.4, 0.5) is 11.4 Å². The summed E-state index contributed by atoms with van der Waals surface area (Å²) in [5.41, 5.74) is 2.11. The van der Waals surface area contributed by atoms with Crippen LogP contribution in [0.5, 0.6) is 0 Å². The Morgan fingerprint density at radius 3 is 2.23 bits per heavy atom. The summed E-state index contributed by atoms with van der Waals surface area (Å²) in [6.45, 7) is 4.35. The number of halogens is 2. The van der Waals surface area contributed by atoms with E-state index in [1.54, 1.807) is 19.1 Å². The number of anilines is 2. The summed E-state index contributed by atoms with van der Waals surface area (Å²) in [4.78, 5) is 42.5. The molecule has 2 aliphatic heterocycles. The van der Waals surface area contributed by atoms with Crippen LogP contribution in [0.1, 0.15) is 23.7 Å². The van der Waals surface area contributed by atoms with Gasteiger partial charge in [-0.15, -0.1) is 0 Å². The Labute approximate surface area is 184 Å². The molecule has 2 aliphatic rings. The number of carbonyl (C=O) groups excluding carboxylic acids is 3. The van der Waals surface area contributed by atoms with Crippen molar-refractivity contribution < 1.29 is 14.4 Å². The molecule has 0 saturated carbocycles. The Morgan fingerprint density at radius 1 is 0.967 bits per heavy atom. The van der Waals surface area contributed by atoms with E-state index >= 15 is 0 Å². The average molecular weight is 446 g/mol. The molecule has 6 nitrogen and oxygen atoms in total. The van der Waals surface area contributed by atoms with E-state index in [0.29, 0.717) is 29.4 Å². The molecule has 2 saturated heterocycles. The highest BCUT2D eigenvalue weighted by atomic mass is 35.5. The van der Waals surface area contributed by atoms with Crippen LogP contribution in [0.25, 0.3) is 0 Å². The second-order valence-corrected chi connectivity index (χ2v) is 8.35. The number of nitrogens with zero attached hydrogens (tertiary/aromatic N) is 3. The largest absolute Gasteiger partial charge is 0.369 e. The van der Waals surface area contributed by atoms with Gasteiger partial charge in [0.2, 0.25) is 5.91 Å². The lowest BCUT2D eigenvalue weighted by Gasteiger charge is -2.38. The van der Waals surface area contributed by atoms with Crippen LogP contribution < -0.4 is 9.80 Å². The van der Waals surface area contributed by atoms with Gasteiger partial charge in [-0.2, -0.15) is 0 Å². The van der Waals surface area contributed by atoms with E-state index in [9.17, 15) is 14.4 Å². The summed E-state index contributed by atoms with van der Waals surface area (Å²) in [5, 5.41) is 0.732. The number of Topliss-reactive ketones (excluding diaryl/α,β-unsaturated/α-hetero) is 1. The van der Waals surface area contributed by atoms with Gasteiger partial charge in [-0.05, 0) is 49.4 Å². The minimum absolute atomic E-state index is 0.0427. The monoisotopic (exact) mass is 445 g/mol. The minimum atomic E-state index is -0.480. The Morgan fingerprint density at radius 2 is 1.63 bits per heavy atom. The van der Waals surface area contributed by atoms with Crippen LogP contribution in [0.15, 0.2) is 42.5 Å². The molecule has 8 heteroatoms. The van der Waals surface area contributed by atoms with Gasteiger partial charge in [-0.25, -0.2) is 4.90 Å². The molecule has 0 aromatic heterocycles. The van der Waals surface area contributed by atoms with Gasteiger partial charge in [0, 0.05) is 42.5 Å². The summed E-state index contributed by atoms with van der Waals surface area (Å²) < 4.78 is 0. The van der Waals surface area contributed by atoms with Crippen molar-refractivity contribution >= 4 is 52.2 Å². The highest BCUT2D eigenvalue weighted by molar-refractivity contribution is 6.38. The van der Waals surface area contributed by atoms with Crippen molar-refractivity contribution in [2.75, 3.05) is 36.0 Å². The molecule has 2 fully saturated rings. The highest BCUT2D eigenvalue weighted by Gasteiger charge is 2.44. The van der Waals surface area contributed by atoms with Crippen LogP contribution in [0.3, 0.4) is 0 Å². The van der Waals surface area contributed by atoms with E-state index in [-0.39, 0.29) is 29.0 Å². The molecular weight excluding hydrogens is 425 g/mol. The van der Waals surface area contributed by atoms with Gasteiger partial charge in [-0.1, -0.05) is 23.2 Å². The second kappa shape index (κ2) is 8.38. The maximum absolute atomic E-state index is 13.0. The van der Waals surface area contributed by atoms with Gasteiger partial charge in [0.15, 0.2) is 5.78 Å². The Bertz CT molecular complexity index is 1000. The first-order valence-electron chi connectivity index (χ1n) is 9.77. The smallest absolute Gasteiger partial charge is 0.251 e. The van der Waals surface area contributed by atoms with E-state index in [1.807, 2.05) is 24.3 Å². The number of carbonyl (C=O) groups is 3. The molecule has 0 bridgehead atoms. The average Bonchev–Trinajstić information content (AvgIpc) is 3.02. The number of hydrogen-bond acceptors (Lipinski definition) is 5. The molecular formula is C22H21Cl2N3O3. The number of ketones is 1. The topological polar surface area (TPSA) is 60.9 Å². The molecule has 2 heterocycles. The number of imide groups is 1. The summed E-state index contributed by atoms with van der Waals surface area (Å²) >= 11 is 12.2. The van der Waals surface area contributed by atoms with Crippen LogP contribution in [-0.2, 0) is 9.59 Å². The Balaban J connectivity index is 1.43. The van der Waals surface area contributed by atoms with Gasteiger partial charge >= 0.3 is 0 Å². The van der Waals surface area contributed by atoms with E-state index in [1.165, 1.54) is 11.0 Å². The van der Waals surface area contributed by atoms with Crippen molar-refractivity contribution in [1.29, 1.82) is 0 Å². The molecule has 30 heavy (non-hydrogen) atoms. The minimum Gasteiger partial charge on any atom is -0.369 e. The van der Waals surface area contributed by atoms with Crippen molar-refractivity contribution in [1.82, 2.24) is 4.90 Å². The van der Waals surface area contributed by atoms with Crippen molar-refractivity contribution in [2.45, 2.75) is 19.4 Å². The fraction of sp³-hybridized carbons (Fsp3) is 0.318. The third-order valence-electron chi connectivity index (χ3n) is 5.67. The highest BCUT2D eigenvalue weighted by Crippen LogP contribution is 2.33. The molecule has 2 amide bonds. The summed E-state index contributed by atoms with van der Waals surface area (Å²) in [6.07, 6.45) is 0.144. The van der Waals surface area contributed by atoms with Gasteiger partial charge in [0.1, 0.15) is 0 Å². The zero-order valence-corrected chi connectivity index (χ0v) is 18.0. The van der Waals surface area contributed by atoms with E-state index in [2.05, 4.69) is 9.80 Å². The maximum Gasteiger partial charge on any atom is 0.251 e. The molecule has 0 radical (unpaired) electrons. The number of piperazine rings is 1. The fourth-order valence-corrected chi connectivity index (χ4v) is 4.51. The van der Waals surface area contributed by atoms with E-state index < -0.39 is 6.04 Å². The third-order valence-corrected chi connectivity index (χ3v) is 6.21. The Kier molecular flexibility index (Phi) is 5.82. The summed E-state index contributed by atoms with van der Waals surface area (Å²) in [5.74, 6) is -0.457. The number of rotatable bonds is 4. The Hall–Kier alpha value is -2.41. The lowest BCUT2D eigenvalue weighted by atomic mass is 10.1. The first kappa shape index (κ1) is 20.8. The predicted molar refractivity (Wildman–Crippen MR) is 118 cm³/mol. The SMILES string of the molecule is CC(=O)c1ccc(N2CCN([C@H]3CC(=O)N(c4ccc(Cl)cc4Cl)C3=O)CC2)cc1. The van der Waals surface area contributed by atoms with Crippen molar-refractivity contribution in [3.63, 3.8) is 0 Å². The second-order valence-electron chi connectivity index (χ2n) is 7.51. The van der Waals surface area contributed by atoms with Gasteiger partial charge in [0.25, 0.3) is 5.91 Å². The van der Waals surface area contributed by atoms with Crippen molar-refractivity contribution in [3.05, 3.63) is 58.1 Å². The molecule has 2 aromatic rings. The lowest BCUT2D eigenvalue weighted by molar-refractivity contribution is -0.123. The summed E-state index contributed by atoms with van der Waals surface area (Å²) in [7, 11) is 0. The molecule has 156 valence electrons. The zero-order valence-electron chi connectivity index (χ0n) is 16.5. The first-order valence-corrected chi connectivity index (χ1v) is 10.5. The number of amides is 2. The van der Waals surface area contributed by atoms with Crippen molar-refractivity contribution in [3.8, 4) is 0 Å². The zero-order chi connectivity index (χ0) is 21.4. The van der Waals surface area contributed by atoms with Crippen molar-refractivity contribution in [2.24, 2.45) is 0 Å². The third kappa shape index (κ3) is 3.95. The quantitative estimate of drug-likeness (QED) is 0.530. The van der Waals surface area contributed by atoms with Crippen LogP contribution in [0, 0.1) is 0 Å². The summed E-state index contributed by atoms with van der Waals surface area (Å²) in [6, 6.07) is 11.8. The molecule has 0 spiro atoms. The molecule has 1 atom stereocenters. The molecule has 2 aromatic carbocycles. The molecule has 0 aliphatic carbocycles. The molecule has 4 rings (SSSR count). The lowest BCUT2D eigenvalue weighted by Crippen LogP contribution is -2.52. The number of hydrogen-bond donors (Lipinski definition) is 0. The normalized spacial score (nSPS) is 20.2. The van der Waals surface area contributed by atoms with Gasteiger partial charge in [-0.3, -0.25) is 19.3 Å². The molecule has 0 unspecified atom stereocenters. The van der Waals surface area contributed by atoms with Crippen LogP contribution in [-0.4, -0.2) is 54.7 Å². The fourth-order valence-electron chi connectivity index (χ4n) is 4.02.